The molecule has 0 aliphatic heterocycles. The summed E-state index contributed by atoms with van der Waals surface area (Å²) < 4.78 is 10.7. The number of methoxy groups -OCH3 is 2. The average Bonchev–Trinajstić information content (AvgIpc) is 2.88. The Labute approximate surface area is 219 Å². The second-order valence-corrected chi connectivity index (χ2v) is 10.4. The number of rotatable bonds is 25. The Morgan fingerprint density at radius 1 is 0.486 bits per heavy atom. The molecule has 0 amide bonds. The Morgan fingerprint density at radius 2 is 0.857 bits per heavy atom. The fourth-order valence-corrected chi connectivity index (χ4v) is 4.82. The summed E-state index contributed by atoms with van der Waals surface area (Å²) in [4.78, 5) is 0. The molecular formula is C33H58O2. The predicted molar refractivity (Wildman–Crippen MR) is 155 cm³/mol. The number of hydrogen-bond acceptors (Lipinski definition) is 2. The van der Waals surface area contributed by atoms with Crippen LogP contribution in [0.3, 0.4) is 0 Å². The van der Waals surface area contributed by atoms with Gasteiger partial charge in [-0.3, -0.25) is 0 Å². The Bertz CT molecular complexity index is 585. The van der Waals surface area contributed by atoms with Crippen LogP contribution in [0.25, 0.3) is 0 Å². The van der Waals surface area contributed by atoms with Crippen LogP contribution in [0.15, 0.2) is 30.4 Å². The highest BCUT2D eigenvalue weighted by Gasteiger charge is 2.02. The van der Waals surface area contributed by atoms with Gasteiger partial charge in [0.15, 0.2) is 0 Å². The van der Waals surface area contributed by atoms with Crippen LogP contribution in [-0.4, -0.2) is 14.2 Å². The SMILES string of the molecule is CCCCCCCC/C=C\CCCCCCCCCCCCCCCc1cc(OC)cc(OC)c1. The number of aryl methyl sites for hydroxylation is 1. The summed E-state index contributed by atoms with van der Waals surface area (Å²) in [6.45, 7) is 2.29. The Kier molecular flexibility index (Phi) is 21.9. The van der Waals surface area contributed by atoms with Crippen molar-refractivity contribution >= 4 is 0 Å². The Hall–Kier alpha value is -1.44. The van der Waals surface area contributed by atoms with E-state index in [2.05, 4.69) is 31.2 Å². The van der Waals surface area contributed by atoms with Crippen LogP contribution in [0.1, 0.15) is 147 Å². The predicted octanol–water partition coefficient (Wildman–Crippen LogP) is 11.0. The fourth-order valence-electron chi connectivity index (χ4n) is 4.82. The van der Waals surface area contributed by atoms with Gasteiger partial charge in [-0.2, -0.15) is 0 Å². The summed E-state index contributed by atoms with van der Waals surface area (Å²) in [5.74, 6) is 1.79. The van der Waals surface area contributed by atoms with Crippen molar-refractivity contribution in [1.82, 2.24) is 0 Å². The Balaban J connectivity index is 1.79. The highest BCUT2D eigenvalue weighted by atomic mass is 16.5. The summed E-state index contributed by atoms with van der Waals surface area (Å²) in [6, 6.07) is 6.22. The molecule has 0 saturated heterocycles. The van der Waals surface area contributed by atoms with Gasteiger partial charge in [0.25, 0.3) is 0 Å². The largest absolute Gasteiger partial charge is 0.497 e. The molecule has 1 rings (SSSR count). The second kappa shape index (κ2) is 24.3. The first-order valence-corrected chi connectivity index (χ1v) is 15.2. The first kappa shape index (κ1) is 31.6. The molecule has 0 N–H and O–H groups in total. The van der Waals surface area contributed by atoms with Gasteiger partial charge in [0.05, 0.1) is 14.2 Å². The van der Waals surface area contributed by atoms with Crippen LogP contribution in [0.4, 0.5) is 0 Å². The van der Waals surface area contributed by atoms with Gasteiger partial charge in [0.1, 0.15) is 11.5 Å². The number of ether oxygens (including phenoxy) is 2. The topological polar surface area (TPSA) is 18.5 Å². The van der Waals surface area contributed by atoms with Crippen LogP contribution in [0.2, 0.25) is 0 Å². The van der Waals surface area contributed by atoms with E-state index >= 15 is 0 Å². The maximum absolute atomic E-state index is 5.37. The molecule has 1 aromatic carbocycles. The molecule has 202 valence electrons. The fraction of sp³-hybridized carbons (Fsp3) is 0.758. The number of benzene rings is 1. The van der Waals surface area contributed by atoms with Crippen LogP contribution in [-0.2, 0) is 6.42 Å². The van der Waals surface area contributed by atoms with Crippen molar-refractivity contribution < 1.29 is 9.47 Å². The molecule has 0 atom stereocenters. The molecule has 0 aliphatic rings. The van der Waals surface area contributed by atoms with Crippen molar-refractivity contribution in [3.8, 4) is 11.5 Å². The molecule has 0 aromatic heterocycles. The molecule has 2 heteroatoms. The zero-order chi connectivity index (χ0) is 25.2. The molecule has 0 heterocycles. The third kappa shape index (κ3) is 19.4. The minimum Gasteiger partial charge on any atom is -0.497 e. The molecule has 0 aliphatic carbocycles. The van der Waals surface area contributed by atoms with Gasteiger partial charge in [0, 0.05) is 6.07 Å². The summed E-state index contributed by atoms with van der Waals surface area (Å²) in [7, 11) is 3.44. The van der Waals surface area contributed by atoms with E-state index in [1.807, 2.05) is 6.07 Å². The summed E-state index contributed by atoms with van der Waals surface area (Å²) >= 11 is 0. The van der Waals surface area contributed by atoms with E-state index < -0.39 is 0 Å². The molecule has 0 unspecified atom stereocenters. The van der Waals surface area contributed by atoms with Crippen molar-refractivity contribution in [3.63, 3.8) is 0 Å². The molecule has 0 radical (unpaired) electrons. The maximum atomic E-state index is 5.37. The van der Waals surface area contributed by atoms with Gasteiger partial charge < -0.3 is 9.47 Å². The average molecular weight is 487 g/mol. The molecule has 0 fully saturated rings. The van der Waals surface area contributed by atoms with Crippen molar-refractivity contribution in [2.75, 3.05) is 14.2 Å². The molecule has 1 aromatic rings. The summed E-state index contributed by atoms with van der Waals surface area (Å²) in [6.07, 6.45) is 35.2. The van der Waals surface area contributed by atoms with E-state index in [0.29, 0.717) is 0 Å². The standard InChI is InChI=1S/C33H58O2/c1-4-5-6-7-8-9-10-11-12-13-14-15-16-17-18-19-20-21-22-23-24-25-26-27-31-28-32(34-2)30-33(29-31)35-3/h11-12,28-30H,4-10,13-27H2,1-3H3/b12-11-. The van der Waals surface area contributed by atoms with Gasteiger partial charge in [-0.05, 0) is 56.2 Å². The van der Waals surface area contributed by atoms with Crippen LogP contribution in [0, 0.1) is 0 Å². The highest BCUT2D eigenvalue weighted by Crippen LogP contribution is 2.24. The second-order valence-electron chi connectivity index (χ2n) is 10.4. The molecule has 0 saturated carbocycles. The summed E-state index contributed by atoms with van der Waals surface area (Å²) in [5, 5.41) is 0. The molecule has 35 heavy (non-hydrogen) atoms. The first-order valence-electron chi connectivity index (χ1n) is 15.2. The monoisotopic (exact) mass is 486 g/mol. The zero-order valence-electron chi connectivity index (χ0n) is 23.8. The normalized spacial score (nSPS) is 11.4. The number of unbranched alkanes of at least 4 members (excludes halogenated alkanes) is 19. The van der Waals surface area contributed by atoms with Crippen LogP contribution < -0.4 is 9.47 Å². The smallest absolute Gasteiger partial charge is 0.122 e. The van der Waals surface area contributed by atoms with Crippen LogP contribution in [0.5, 0.6) is 11.5 Å². The third-order valence-electron chi connectivity index (χ3n) is 7.14. The van der Waals surface area contributed by atoms with E-state index in [1.165, 1.54) is 140 Å². The van der Waals surface area contributed by atoms with Crippen molar-refractivity contribution in [2.45, 2.75) is 148 Å². The van der Waals surface area contributed by atoms with E-state index in [0.717, 1.165) is 17.9 Å². The van der Waals surface area contributed by atoms with E-state index in [1.54, 1.807) is 14.2 Å². The molecule has 0 bridgehead atoms. The number of allylic oxidation sites excluding steroid dienone is 2. The lowest BCUT2D eigenvalue weighted by Gasteiger charge is -2.08. The van der Waals surface area contributed by atoms with Crippen LogP contribution >= 0.6 is 0 Å². The zero-order valence-corrected chi connectivity index (χ0v) is 23.8. The van der Waals surface area contributed by atoms with Gasteiger partial charge in [-0.15, -0.1) is 0 Å². The lowest BCUT2D eigenvalue weighted by Crippen LogP contribution is -1.92. The van der Waals surface area contributed by atoms with Crippen molar-refractivity contribution in [3.05, 3.63) is 35.9 Å². The lowest BCUT2D eigenvalue weighted by atomic mass is 10.0. The molecule has 2 nitrogen and oxygen atoms in total. The van der Waals surface area contributed by atoms with Gasteiger partial charge in [0.2, 0.25) is 0 Å². The van der Waals surface area contributed by atoms with Crippen molar-refractivity contribution in [2.24, 2.45) is 0 Å². The van der Waals surface area contributed by atoms with E-state index in [4.69, 9.17) is 9.47 Å². The maximum Gasteiger partial charge on any atom is 0.122 e. The molecule has 0 spiro atoms. The minimum absolute atomic E-state index is 0.894. The lowest BCUT2D eigenvalue weighted by molar-refractivity contribution is 0.393. The number of hydrogen-bond donors (Lipinski definition) is 0. The summed E-state index contributed by atoms with van der Waals surface area (Å²) in [5.41, 5.74) is 1.32. The van der Waals surface area contributed by atoms with Gasteiger partial charge in [-0.1, -0.05) is 122 Å². The third-order valence-corrected chi connectivity index (χ3v) is 7.14. The highest BCUT2D eigenvalue weighted by molar-refractivity contribution is 5.38. The van der Waals surface area contributed by atoms with E-state index in [-0.39, 0.29) is 0 Å². The minimum atomic E-state index is 0.894. The quantitative estimate of drug-likeness (QED) is 0.101. The van der Waals surface area contributed by atoms with E-state index in [9.17, 15) is 0 Å². The van der Waals surface area contributed by atoms with Crippen molar-refractivity contribution in [1.29, 1.82) is 0 Å². The first-order chi connectivity index (χ1) is 17.3. The Morgan fingerprint density at radius 3 is 1.26 bits per heavy atom. The van der Waals surface area contributed by atoms with Gasteiger partial charge >= 0.3 is 0 Å². The molecular weight excluding hydrogens is 428 g/mol. The van der Waals surface area contributed by atoms with Gasteiger partial charge in [-0.25, -0.2) is 0 Å².